The summed E-state index contributed by atoms with van der Waals surface area (Å²) < 4.78 is 22.4. The van der Waals surface area contributed by atoms with Crippen molar-refractivity contribution >= 4 is 69.9 Å². The smallest absolute Gasteiger partial charge is 0.442 e. The van der Waals surface area contributed by atoms with Crippen molar-refractivity contribution < 1.29 is 47.4 Å². The summed E-state index contributed by atoms with van der Waals surface area (Å²) in [6.45, 7) is 10.1. The number of nitrogens with one attached hydrogen (secondary N) is 4. The number of hydroxylamine groups is 2. The van der Waals surface area contributed by atoms with E-state index in [4.69, 9.17) is 40.5 Å². The summed E-state index contributed by atoms with van der Waals surface area (Å²) in [7, 11) is 0. The molecule has 0 unspecified atom stereocenters. The molecule has 5 rings (SSSR count). The van der Waals surface area contributed by atoms with Gasteiger partial charge in [-0.2, -0.15) is 0 Å². The van der Waals surface area contributed by atoms with Crippen LogP contribution in [0.3, 0.4) is 0 Å². The minimum atomic E-state index is -1.06. The molecule has 4 N–H and O–H groups in total. The molecule has 56 heavy (non-hydrogen) atoms. The first-order chi connectivity index (χ1) is 26.4. The number of carbonyl (C=O) groups is 5. The van der Waals surface area contributed by atoms with E-state index in [0.29, 0.717) is 53.3 Å². The number of hydrogen-bond acceptors (Lipinski definition) is 12. The van der Waals surface area contributed by atoms with Crippen LogP contribution in [-0.2, 0) is 23.9 Å². The van der Waals surface area contributed by atoms with Gasteiger partial charge in [0.2, 0.25) is 23.5 Å². The number of alkyl carbamates (subject to hydrolysis) is 1. The molecule has 0 atom stereocenters. The molecule has 3 aromatic rings. The molecule has 2 aromatic heterocycles. The zero-order chi connectivity index (χ0) is 40.8. The molecule has 2 aliphatic rings. The topological polar surface area (TPSA) is 215 Å². The first-order valence-corrected chi connectivity index (χ1v) is 18.7. The van der Waals surface area contributed by atoms with E-state index < -0.39 is 35.3 Å². The molecule has 1 aliphatic carbocycles. The van der Waals surface area contributed by atoms with Gasteiger partial charge in [0.25, 0.3) is 5.91 Å². The lowest BCUT2D eigenvalue weighted by molar-refractivity contribution is -0.130. The van der Waals surface area contributed by atoms with Crippen molar-refractivity contribution in [3.05, 3.63) is 47.3 Å². The van der Waals surface area contributed by atoms with Crippen LogP contribution in [-0.4, -0.2) is 87.8 Å². The van der Waals surface area contributed by atoms with Gasteiger partial charge in [0, 0.05) is 36.5 Å². The van der Waals surface area contributed by atoms with Crippen molar-refractivity contribution in [1.29, 1.82) is 5.41 Å². The SMILES string of the molecule is CC(C)(C)OC(=O)NC(=N)N(OCCOc1ccc2oc(C(=O)Nc3ccc(Cl)cn3)c(NC(=O)[C@H]3CC[C@H](N4CCCC4=O)CC3)c2c1)C(=O)OC(C)(C)C. The van der Waals surface area contributed by atoms with E-state index >= 15 is 0 Å². The van der Waals surface area contributed by atoms with Crippen molar-refractivity contribution in [2.45, 2.75) is 97.3 Å². The van der Waals surface area contributed by atoms with E-state index in [-0.39, 0.29) is 59.8 Å². The molecule has 18 heteroatoms. The van der Waals surface area contributed by atoms with Crippen LogP contribution < -0.4 is 20.7 Å². The fourth-order valence-corrected chi connectivity index (χ4v) is 6.37. The van der Waals surface area contributed by atoms with Gasteiger partial charge in [-0.25, -0.2) is 14.6 Å². The summed E-state index contributed by atoms with van der Waals surface area (Å²) in [4.78, 5) is 76.3. The highest BCUT2D eigenvalue weighted by molar-refractivity contribution is 6.30. The van der Waals surface area contributed by atoms with Gasteiger partial charge < -0.3 is 34.2 Å². The standard InChI is InChI=1S/C38H48ClN7O10/c1-37(2,3)55-35(50)44-34(40)46(36(51)56-38(4,5)6)53-19-18-52-25-14-15-27-26(20-25)30(31(54-27)33(49)42-28-16-11-23(39)21-41-28)43-32(48)22-9-12-24(13-10-22)45-17-7-8-29(45)47/h11,14-16,20-22,24H,7-10,12-13,17-19H2,1-6H3,(H,43,48)(H2,40,44,50)(H,41,42,49)/t22-,24-. The third-order valence-electron chi connectivity index (χ3n) is 8.66. The van der Waals surface area contributed by atoms with Gasteiger partial charge in [-0.3, -0.25) is 29.9 Å². The maximum absolute atomic E-state index is 13.7. The molecule has 1 aromatic carbocycles. The number of likely N-dealkylation sites (tertiary alicyclic amines) is 1. The van der Waals surface area contributed by atoms with Crippen LogP contribution in [0.15, 0.2) is 40.9 Å². The molecule has 0 radical (unpaired) electrons. The van der Waals surface area contributed by atoms with Crippen LogP contribution in [0.5, 0.6) is 5.75 Å². The predicted octanol–water partition coefficient (Wildman–Crippen LogP) is 6.86. The molecular weight excluding hydrogens is 750 g/mol. The van der Waals surface area contributed by atoms with Gasteiger partial charge in [-0.05, 0) is 104 Å². The monoisotopic (exact) mass is 797 g/mol. The summed E-state index contributed by atoms with van der Waals surface area (Å²) in [5.41, 5.74) is -1.38. The van der Waals surface area contributed by atoms with E-state index in [1.807, 2.05) is 4.90 Å². The van der Waals surface area contributed by atoms with Gasteiger partial charge in [0.05, 0.1) is 5.02 Å². The summed E-state index contributed by atoms with van der Waals surface area (Å²) in [5, 5.41) is 17.3. The van der Waals surface area contributed by atoms with Crippen LogP contribution in [0, 0.1) is 11.3 Å². The molecule has 5 amide bonds. The third kappa shape index (κ3) is 11.3. The Morgan fingerprint density at radius 1 is 0.982 bits per heavy atom. The van der Waals surface area contributed by atoms with Crippen LogP contribution >= 0.6 is 11.6 Å². The second kappa shape index (κ2) is 17.6. The number of benzene rings is 1. The van der Waals surface area contributed by atoms with Gasteiger partial charge >= 0.3 is 12.2 Å². The van der Waals surface area contributed by atoms with Crippen LogP contribution in [0.2, 0.25) is 5.02 Å². The summed E-state index contributed by atoms with van der Waals surface area (Å²) >= 11 is 5.96. The fourth-order valence-electron chi connectivity index (χ4n) is 6.25. The van der Waals surface area contributed by atoms with E-state index in [2.05, 4.69) is 20.9 Å². The number of halogens is 1. The largest absolute Gasteiger partial charge is 0.491 e. The average Bonchev–Trinajstić information content (AvgIpc) is 3.70. The van der Waals surface area contributed by atoms with Gasteiger partial charge in [0.1, 0.15) is 47.3 Å². The number of hydrogen-bond donors (Lipinski definition) is 4. The Bertz CT molecular complexity index is 1950. The van der Waals surface area contributed by atoms with E-state index in [9.17, 15) is 24.0 Å². The Labute approximate surface area is 329 Å². The molecule has 0 bridgehead atoms. The van der Waals surface area contributed by atoms with Crippen molar-refractivity contribution in [2.75, 3.05) is 30.4 Å². The summed E-state index contributed by atoms with van der Waals surface area (Å²) in [6, 6.07) is 7.95. The second-order valence-electron chi connectivity index (χ2n) is 15.4. The third-order valence-corrected chi connectivity index (χ3v) is 8.88. The number of pyridine rings is 1. The Hall–Kier alpha value is -5.42. The number of fused-ring (bicyclic) bond motifs is 1. The minimum Gasteiger partial charge on any atom is -0.491 e. The first-order valence-electron chi connectivity index (χ1n) is 18.3. The van der Waals surface area contributed by atoms with Crippen LogP contribution in [0.1, 0.15) is 90.6 Å². The lowest BCUT2D eigenvalue weighted by Gasteiger charge is -2.34. The number of furan rings is 1. The lowest BCUT2D eigenvalue weighted by Crippen LogP contribution is -2.49. The number of rotatable bonds is 10. The van der Waals surface area contributed by atoms with Crippen molar-refractivity contribution in [3.8, 4) is 5.75 Å². The summed E-state index contributed by atoms with van der Waals surface area (Å²) in [6.07, 6.45) is 3.31. The number of amides is 5. The molecule has 2 fully saturated rings. The zero-order valence-electron chi connectivity index (χ0n) is 32.3. The number of ether oxygens (including phenoxy) is 3. The molecule has 0 spiro atoms. The van der Waals surface area contributed by atoms with Crippen molar-refractivity contribution in [3.63, 3.8) is 0 Å². The quantitative estimate of drug-likeness (QED) is 0.0719. The first kappa shape index (κ1) is 41.7. The average molecular weight is 798 g/mol. The van der Waals surface area contributed by atoms with Crippen molar-refractivity contribution in [2.24, 2.45) is 5.92 Å². The van der Waals surface area contributed by atoms with Crippen molar-refractivity contribution in [1.82, 2.24) is 20.3 Å². The van der Waals surface area contributed by atoms with Gasteiger partial charge in [-0.15, -0.1) is 5.06 Å². The van der Waals surface area contributed by atoms with Gasteiger partial charge in [-0.1, -0.05) is 11.6 Å². The maximum Gasteiger partial charge on any atom is 0.442 e. The van der Waals surface area contributed by atoms with E-state index in [1.165, 1.54) is 12.3 Å². The second-order valence-corrected chi connectivity index (χ2v) is 15.8. The number of carbonyl (C=O) groups excluding carboxylic acids is 5. The Balaban J connectivity index is 1.30. The molecule has 302 valence electrons. The molecule has 1 saturated heterocycles. The summed E-state index contributed by atoms with van der Waals surface area (Å²) in [5.74, 6) is -1.54. The van der Waals surface area contributed by atoms with Crippen LogP contribution in [0.25, 0.3) is 11.0 Å². The lowest BCUT2D eigenvalue weighted by atomic mass is 9.84. The number of anilines is 2. The maximum atomic E-state index is 13.7. The molecular formula is C38H48ClN7O10. The predicted molar refractivity (Wildman–Crippen MR) is 205 cm³/mol. The molecule has 1 aliphatic heterocycles. The van der Waals surface area contributed by atoms with Crippen LogP contribution in [0.4, 0.5) is 21.1 Å². The molecule has 17 nitrogen and oxygen atoms in total. The minimum absolute atomic E-state index is 0.115. The van der Waals surface area contributed by atoms with E-state index in [0.717, 1.165) is 13.0 Å². The highest BCUT2D eigenvalue weighted by atomic mass is 35.5. The zero-order valence-corrected chi connectivity index (χ0v) is 33.0. The Morgan fingerprint density at radius 3 is 2.32 bits per heavy atom. The number of aromatic nitrogens is 1. The highest BCUT2D eigenvalue weighted by Gasteiger charge is 2.35. The number of guanidine groups is 1. The van der Waals surface area contributed by atoms with E-state index in [1.54, 1.807) is 65.8 Å². The Kier molecular flexibility index (Phi) is 13.1. The molecule has 3 heterocycles. The fraction of sp³-hybridized carbons (Fsp3) is 0.500. The number of nitrogens with zero attached hydrogens (tertiary/aromatic N) is 3. The normalized spacial score (nSPS) is 17.3. The van der Waals surface area contributed by atoms with Gasteiger partial charge in [0.15, 0.2) is 0 Å². The highest BCUT2D eigenvalue weighted by Crippen LogP contribution is 2.36. The Morgan fingerprint density at radius 2 is 1.70 bits per heavy atom. The molecule has 1 saturated carbocycles.